The Hall–Kier alpha value is -0.840. The molecule has 0 radical (unpaired) electrons. The van der Waals surface area contributed by atoms with Gasteiger partial charge in [-0.3, -0.25) is 4.21 Å². The van der Waals surface area contributed by atoms with Crippen molar-refractivity contribution >= 4 is 44.0 Å². The van der Waals surface area contributed by atoms with Gasteiger partial charge in [-0.1, -0.05) is 39.7 Å². The van der Waals surface area contributed by atoms with Crippen LogP contribution < -0.4 is 5.73 Å². The number of rotatable bonds is 3. The lowest BCUT2D eigenvalue weighted by Gasteiger charge is -2.06. The summed E-state index contributed by atoms with van der Waals surface area (Å²) in [7, 11) is -1.17. The van der Waals surface area contributed by atoms with Gasteiger partial charge in [-0.05, 0) is 35.9 Å². The zero-order valence-corrected chi connectivity index (χ0v) is 12.6. The largest absolute Gasteiger partial charge is 0.398 e. The van der Waals surface area contributed by atoms with Gasteiger partial charge in [-0.25, -0.2) is 0 Å². The lowest BCUT2D eigenvalue weighted by atomic mass is 10.2. The Balaban J connectivity index is 2.22. The molecule has 5 heteroatoms. The van der Waals surface area contributed by atoms with E-state index in [-0.39, 0.29) is 0 Å². The molecule has 1 unspecified atom stereocenters. The monoisotopic (exact) mass is 343 g/mol. The van der Waals surface area contributed by atoms with Gasteiger partial charge in [0.05, 0.1) is 21.4 Å². The van der Waals surface area contributed by atoms with Crippen LogP contribution in [-0.4, -0.2) is 4.21 Å². The quantitative estimate of drug-likeness (QED) is 0.855. The molecule has 0 heterocycles. The van der Waals surface area contributed by atoms with Gasteiger partial charge in [0, 0.05) is 15.2 Å². The normalized spacial score (nSPS) is 12.3. The van der Waals surface area contributed by atoms with Gasteiger partial charge in [-0.2, -0.15) is 0 Å². The number of benzene rings is 2. The second kappa shape index (κ2) is 5.87. The Labute approximate surface area is 122 Å². The predicted molar refractivity (Wildman–Crippen MR) is 80.1 cm³/mol. The fourth-order valence-corrected chi connectivity index (χ4v) is 3.35. The van der Waals surface area contributed by atoms with Crippen LogP contribution in [0.2, 0.25) is 5.02 Å². The first-order valence-corrected chi connectivity index (χ1v) is 7.73. The molecule has 2 N–H and O–H groups in total. The summed E-state index contributed by atoms with van der Waals surface area (Å²) < 4.78 is 13.1. The van der Waals surface area contributed by atoms with E-state index in [9.17, 15) is 4.21 Å². The average Bonchev–Trinajstić information content (AvgIpc) is 2.28. The van der Waals surface area contributed by atoms with Crippen LogP contribution in [0.1, 0.15) is 5.56 Å². The van der Waals surface area contributed by atoms with Crippen molar-refractivity contribution in [3.8, 4) is 0 Å². The Kier molecular flexibility index (Phi) is 4.43. The van der Waals surface area contributed by atoms with E-state index in [1.54, 1.807) is 18.2 Å². The molecule has 0 fully saturated rings. The van der Waals surface area contributed by atoms with Crippen molar-refractivity contribution in [2.45, 2.75) is 10.6 Å². The maximum atomic E-state index is 12.2. The van der Waals surface area contributed by atoms with E-state index in [0.717, 1.165) is 10.0 Å². The molecule has 0 amide bonds. The highest BCUT2D eigenvalue weighted by molar-refractivity contribution is 9.10. The molecule has 0 bridgehead atoms. The number of halogens is 2. The number of hydrogen-bond acceptors (Lipinski definition) is 2. The van der Waals surface area contributed by atoms with E-state index in [4.69, 9.17) is 17.3 Å². The molecule has 0 aromatic heterocycles. The number of nitrogens with two attached hydrogens (primary N) is 1. The third kappa shape index (κ3) is 3.34. The minimum Gasteiger partial charge on any atom is -0.398 e. The number of nitrogen functional groups attached to an aromatic ring is 1. The molecule has 0 saturated heterocycles. The Morgan fingerprint density at radius 2 is 2.00 bits per heavy atom. The van der Waals surface area contributed by atoms with E-state index in [1.165, 1.54) is 0 Å². The molecule has 0 aliphatic rings. The van der Waals surface area contributed by atoms with Gasteiger partial charge < -0.3 is 5.73 Å². The standard InChI is InChI=1S/C13H11BrClNOS/c14-10-4-5-13(12(16)7-10)18(17)8-9-2-1-3-11(15)6-9/h1-7H,8,16H2. The molecule has 0 aliphatic heterocycles. The molecule has 94 valence electrons. The smallest absolute Gasteiger partial charge is 0.0621 e. The fourth-order valence-electron chi connectivity index (χ4n) is 1.58. The first-order valence-electron chi connectivity index (χ1n) is 5.24. The second-order valence-electron chi connectivity index (χ2n) is 3.80. The molecule has 18 heavy (non-hydrogen) atoms. The van der Waals surface area contributed by atoms with E-state index in [0.29, 0.717) is 21.4 Å². The second-order valence-corrected chi connectivity index (χ2v) is 6.57. The van der Waals surface area contributed by atoms with Crippen molar-refractivity contribution in [2.24, 2.45) is 0 Å². The van der Waals surface area contributed by atoms with Crippen molar-refractivity contribution in [1.82, 2.24) is 0 Å². The predicted octanol–water partition coefficient (Wildman–Crippen LogP) is 3.99. The van der Waals surface area contributed by atoms with Crippen molar-refractivity contribution in [2.75, 3.05) is 5.73 Å². The summed E-state index contributed by atoms with van der Waals surface area (Å²) in [6.07, 6.45) is 0. The van der Waals surface area contributed by atoms with Crippen molar-refractivity contribution in [3.63, 3.8) is 0 Å². The van der Waals surface area contributed by atoms with Crippen molar-refractivity contribution < 1.29 is 4.21 Å². The Morgan fingerprint density at radius 1 is 1.22 bits per heavy atom. The zero-order valence-electron chi connectivity index (χ0n) is 9.40. The van der Waals surface area contributed by atoms with Gasteiger partial charge in [-0.15, -0.1) is 0 Å². The molecule has 0 spiro atoms. The van der Waals surface area contributed by atoms with E-state index < -0.39 is 10.8 Å². The first-order chi connectivity index (χ1) is 8.56. The summed E-state index contributed by atoms with van der Waals surface area (Å²) in [4.78, 5) is 0.651. The lowest BCUT2D eigenvalue weighted by Crippen LogP contribution is -2.00. The molecule has 2 rings (SSSR count). The van der Waals surface area contributed by atoms with E-state index in [1.807, 2.05) is 24.3 Å². The highest BCUT2D eigenvalue weighted by Crippen LogP contribution is 2.23. The number of hydrogen-bond donors (Lipinski definition) is 1. The third-order valence-corrected chi connectivity index (χ3v) is 4.59. The van der Waals surface area contributed by atoms with Crippen molar-refractivity contribution in [3.05, 3.63) is 57.5 Å². The summed E-state index contributed by atoms with van der Waals surface area (Å²) in [5.41, 5.74) is 7.32. The van der Waals surface area contributed by atoms with Gasteiger partial charge in [0.25, 0.3) is 0 Å². The van der Waals surface area contributed by atoms with Crippen LogP contribution in [-0.2, 0) is 16.6 Å². The maximum absolute atomic E-state index is 12.2. The van der Waals surface area contributed by atoms with Gasteiger partial charge >= 0.3 is 0 Å². The zero-order chi connectivity index (χ0) is 13.1. The molecule has 2 aromatic rings. The van der Waals surface area contributed by atoms with Crippen LogP contribution >= 0.6 is 27.5 Å². The molecule has 1 atom stereocenters. The highest BCUT2D eigenvalue weighted by Gasteiger charge is 2.09. The van der Waals surface area contributed by atoms with Crippen molar-refractivity contribution in [1.29, 1.82) is 0 Å². The highest BCUT2D eigenvalue weighted by atomic mass is 79.9. The molecule has 0 aliphatic carbocycles. The molecule has 2 aromatic carbocycles. The number of anilines is 1. The SMILES string of the molecule is Nc1cc(Br)ccc1S(=O)Cc1cccc(Cl)c1. The van der Waals surface area contributed by atoms with Crippen LogP contribution in [0.5, 0.6) is 0 Å². The van der Waals surface area contributed by atoms with E-state index in [2.05, 4.69) is 15.9 Å². The summed E-state index contributed by atoms with van der Waals surface area (Å²) in [5, 5.41) is 0.647. The average molecular weight is 345 g/mol. The van der Waals surface area contributed by atoms with Gasteiger partial charge in [0.15, 0.2) is 0 Å². The molecule has 0 saturated carbocycles. The fraction of sp³-hybridized carbons (Fsp3) is 0.0769. The lowest BCUT2D eigenvalue weighted by molar-refractivity contribution is 0.683. The minimum atomic E-state index is -1.17. The summed E-state index contributed by atoms with van der Waals surface area (Å²) >= 11 is 9.22. The van der Waals surface area contributed by atoms with Crippen LogP contribution in [0.25, 0.3) is 0 Å². The van der Waals surface area contributed by atoms with E-state index >= 15 is 0 Å². The minimum absolute atomic E-state index is 0.409. The summed E-state index contributed by atoms with van der Waals surface area (Å²) in [5.74, 6) is 0.409. The van der Waals surface area contributed by atoms with Crippen LogP contribution in [0.3, 0.4) is 0 Å². The molecular weight excluding hydrogens is 334 g/mol. The summed E-state index contributed by atoms with van der Waals surface area (Å²) in [6, 6.07) is 12.7. The Morgan fingerprint density at radius 3 is 2.67 bits per heavy atom. The third-order valence-electron chi connectivity index (χ3n) is 2.40. The van der Waals surface area contributed by atoms with Crippen LogP contribution in [0, 0.1) is 0 Å². The molecule has 2 nitrogen and oxygen atoms in total. The van der Waals surface area contributed by atoms with Gasteiger partial charge in [0.1, 0.15) is 0 Å². The van der Waals surface area contributed by atoms with Gasteiger partial charge in [0.2, 0.25) is 0 Å². The van der Waals surface area contributed by atoms with Crippen LogP contribution in [0.4, 0.5) is 5.69 Å². The summed E-state index contributed by atoms with van der Waals surface area (Å²) in [6.45, 7) is 0. The topological polar surface area (TPSA) is 43.1 Å². The first kappa shape index (κ1) is 13.6. The molecular formula is C13H11BrClNOS. The Bertz CT molecular complexity index is 603. The van der Waals surface area contributed by atoms with Crippen LogP contribution in [0.15, 0.2) is 51.8 Å². The maximum Gasteiger partial charge on any atom is 0.0621 e.